The molecule has 1 aromatic rings. The summed E-state index contributed by atoms with van der Waals surface area (Å²) in [6, 6.07) is 6.07. The quantitative estimate of drug-likeness (QED) is 0.808. The summed E-state index contributed by atoms with van der Waals surface area (Å²) in [5, 5.41) is 0. The molecule has 0 radical (unpaired) electrons. The molecule has 0 aliphatic carbocycles. The van der Waals surface area contributed by atoms with Gasteiger partial charge in [0.25, 0.3) is 0 Å². The van der Waals surface area contributed by atoms with Gasteiger partial charge in [-0.25, -0.2) is 4.39 Å². The zero-order valence-electron chi connectivity index (χ0n) is 9.70. The second-order valence-electron chi connectivity index (χ2n) is 3.91. The van der Waals surface area contributed by atoms with Gasteiger partial charge < -0.3 is 15.2 Å². The van der Waals surface area contributed by atoms with Crippen LogP contribution < -0.4 is 10.5 Å². The predicted molar refractivity (Wildman–Crippen MR) is 61.0 cm³/mol. The van der Waals surface area contributed by atoms with E-state index in [1.165, 1.54) is 12.1 Å². The van der Waals surface area contributed by atoms with E-state index in [1.54, 1.807) is 19.2 Å². The van der Waals surface area contributed by atoms with E-state index >= 15 is 0 Å². The molecule has 0 aliphatic heterocycles. The van der Waals surface area contributed by atoms with Crippen molar-refractivity contribution < 1.29 is 13.9 Å². The highest BCUT2D eigenvalue weighted by Crippen LogP contribution is 2.16. The van der Waals surface area contributed by atoms with Crippen LogP contribution in [0.4, 0.5) is 4.39 Å². The normalized spacial score (nSPS) is 14.5. The lowest BCUT2D eigenvalue weighted by Crippen LogP contribution is -2.38. The first-order valence-corrected chi connectivity index (χ1v) is 5.23. The molecular formula is C12H18FNO2. The van der Waals surface area contributed by atoms with Crippen molar-refractivity contribution in [2.24, 2.45) is 5.73 Å². The molecule has 1 atom stereocenters. The van der Waals surface area contributed by atoms with Crippen LogP contribution in [0, 0.1) is 5.82 Å². The van der Waals surface area contributed by atoms with Gasteiger partial charge in [-0.15, -0.1) is 0 Å². The molecular weight excluding hydrogens is 209 g/mol. The van der Waals surface area contributed by atoms with Gasteiger partial charge in [-0.2, -0.15) is 0 Å². The lowest BCUT2D eigenvalue weighted by molar-refractivity contribution is -0.00281. The third kappa shape index (κ3) is 3.79. The first-order chi connectivity index (χ1) is 7.59. The lowest BCUT2D eigenvalue weighted by atomic mass is 10.0. The van der Waals surface area contributed by atoms with Crippen LogP contribution >= 0.6 is 0 Å². The van der Waals surface area contributed by atoms with Gasteiger partial charge in [0.05, 0.1) is 12.2 Å². The molecule has 0 heterocycles. The van der Waals surface area contributed by atoms with Crippen molar-refractivity contribution in [2.45, 2.75) is 18.9 Å². The van der Waals surface area contributed by atoms with Crippen molar-refractivity contribution in [1.29, 1.82) is 0 Å². The highest BCUT2D eigenvalue weighted by Gasteiger charge is 2.21. The molecule has 16 heavy (non-hydrogen) atoms. The van der Waals surface area contributed by atoms with Crippen LogP contribution in [0.1, 0.15) is 13.3 Å². The van der Waals surface area contributed by atoms with E-state index in [2.05, 4.69) is 0 Å². The summed E-state index contributed by atoms with van der Waals surface area (Å²) in [6.07, 6.45) is 0.663. The van der Waals surface area contributed by atoms with Gasteiger partial charge in [0, 0.05) is 26.1 Å². The number of halogens is 1. The zero-order valence-corrected chi connectivity index (χ0v) is 9.70. The molecule has 0 amide bonds. The minimum atomic E-state index is -0.382. The van der Waals surface area contributed by atoms with Crippen molar-refractivity contribution in [1.82, 2.24) is 0 Å². The molecule has 0 fully saturated rings. The lowest BCUT2D eigenvalue weighted by Gasteiger charge is -2.26. The molecule has 0 bridgehead atoms. The van der Waals surface area contributed by atoms with Crippen molar-refractivity contribution in [2.75, 3.05) is 20.3 Å². The fraction of sp³-hybridized carbons (Fsp3) is 0.500. The van der Waals surface area contributed by atoms with Crippen LogP contribution in [0.2, 0.25) is 0 Å². The Morgan fingerprint density at radius 2 is 2.19 bits per heavy atom. The van der Waals surface area contributed by atoms with Crippen LogP contribution in [-0.4, -0.2) is 25.9 Å². The van der Waals surface area contributed by atoms with Crippen LogP contribution in [0.25, 0.3) is 0 Å². The molecule has 0 aromatic heterocycles. The first-order valence-electron chi connectivity index (χ1n) is 5.23. The Bertz CT molecular complexity index is 327. The van der Waals surface area contributed by atoms with E-state index in [1.807, 2.05) is 6.92 Å². The highest BCUT2D eigenvalue weighted by molar-refractivity contribution is 5.22. The summed E-state index contributed by atoms with van der Waals surface area (Å²) in [7, 11) is 1.62. The molecule has 1 unspecified atom stereocenters. The summed E-state index contributed by atoms with van der Waals surface area (Å²) in [5.74, 6) is 0.223. The van der Waals surface area contributed by atoms with Gasteiger partial charge in [0.1, 0.15) is 11.6 Å². The average molecular weight is 227 g/mol. The monoisotopic (exact) mass is 227 g/mol. The van der Waals surface area contributed by atoms with Crippen LogP contribution in [-0.2, 0) is 4.74 Å². The smallest absolute Gasteiger partial charge is 0.126 e. The third-order valence-corrected chi connectivity index (χ3v) is 2.62. The summed E-state index contributed by atoms with van der Waals surface area (Å²) in [6.45, 7) is 2.79. The standard InChI is InChI=1S/C12H18FNO2/c1-12(9-14,15-2)6-7-16-11-5-3-4-10(13)8-11/h3-5,8H,6-7,9,14H2,1-2H3. The molecule has 0 aliphatic rings. The van der Waals surface area contributed by atoms with Crippen molar-refractivity contribution in [3.63, 3.8) is 0 Å². The van der Waals surface area contributed by atoms with Gasteiger partial charge in [0.2, 0.25) is 0 Å². The summed E-state index contributed by atoms with van der Waals surface area (Å²) in [5.41, 5.74) is 5.20. The highest BCUT2D eigenvalue weighted by atomic mass is 19.1. The Morgan fingerprint density at radius 3 is 2.75 bits per heavy atom. The number of ether oxygens (including phenoxy) is 2. The Morgan fingerprint density at radius 1 is 1.44 bits per heavy atom. The molecule has 2 N–H and O–H groups in total. The maximum atomic E-state index is 12.8. The van der Waals surface area contributed by atoms with Crippen molar-refractivity contribution >= 4 is 0 Å². The molecule has 0 spiro atoms. The fourth-order valence-corrected chi connectivity index (χ4v) is 1.23. The number of nitrogens with two attached hydrogens (primary N) is 1. The Labute approximate surface area is 95.4 Å². The second kappa shape index (κ2) is 5.82. The van der Waals surface area contributed by atoms with E-state index in [0.717, 1.165) is 0 Å². The fourth-order valence-electron chi connectivity index (χ4n) is 1.23. The molecule has 4 heteroatoms. The van der Waals surface area contributed by atoms with E-state index in [0.29, 0.717) is 25.3 Å². The molecule has 90 valence electrons. The predicted octanol–water partition coefficient (Wildman–Crippen LogP) is 1.96. The average Bonchev–Trinajstić information content (AvgIpc) is 2.29. The van der Waals surface area contributed by atoms with E-state index in [9.17, 15) is 4.39 Å². The van der Waals surface area contributed by atoms with Gasteiger partial charge >= 0.3 is 0 Å². The third-order valence-electron chi connectivity index (χ3n) is 2.62. The maximum Gasteiger partial charge on any atom is 0.126 e. The van der Waals surface area contributed by atoms with Crippen LogP contribution in [0.15, 0.2) is 24.3 Å². The van der Waals surface area contributed by atoms with E-state index in [4.69, 9.17) is 15.2 Å². The van der Waals surface area contributed by atoms with E-state index < -0.39 is 0 Å². The number of hydrogen-bond donors (Lipinski definition) is 1. The Hall–Kier alpha value is -1.13. The number of methoxy groups -OCH3 is 1. The minimum absolute atomic E-state index is 0.300. The zero-order chi connectivity index (χ0) is 12.0. The van der Waals surface area contributed by atoms with Gasteiger partial charge in [0.15, 0.2) is 0 Å². The summed E-state index contributed by atoms with van der Waals surface area (Å²) >= 11 is 0. The molecule has 1 rings (SSSR count). The largest absolute Gasteiger partial charge is 0.493 e. The summed E-state index contributed by atoms with van der Waals surface area (Å²) < 4.78 is 23.5. The Kier molecular flexibility index (Phi) is 4.71. The van der Waals surface area contributed by atoms with E-state index in [-0.39, 0.29) is 11.4 Å². The number of rotatable bonds is 6. The minimum Gasteiger partial charge on any atom is -0.493 e. The van der Waals surface area contributed by atoms with Gasteiger partial charge in [-0.3, -0.25) is 0 Å². The van der Waals surface area contributed by atoms with Crippen molar-refractivity contribution in [3.05, 3.63) is 30.1 Å². The molecule has 3 nitrogen and oxygen atoms in total. The van der Waals surface area contributed by atoms with Gasteiger partial charge in [-0.1, -0.05) is 6.07 Å². The van der Waals surface area contributed by atoms with Crippen LogP contribution in [0.3, 0.4) is 0 Å². The molecule has 1 aromatic carbocycles. The SMILES string of the molecule is COC(C)(CN)CCOc1cccc(F)c1. The summed E-state index contributed by atoms with van der Waals surface area (Å²) in [4.78, 5) is 0. The first kappa shape index (κ1) is 12.9. The van der Waals surface area contributed by atoms with Crippen LogP contribution in [0.5, 0.6) is 5.75 Å². The maximum absolute atomic E-state index is 12.8. The number of benzene rings is 1. The topological polar surface area (TPSA) is 44.5 Å². The van der Waals surface area contributed by atoms with Gasteiger partial charge in [-0.05, 0) is 19.1 Å². The molecule has 0 saturated carbocycles. The molecule has 0 saturated heterocycles. The number of hydrogen-bond acceptors (Lipinski definition) is 3. The Balaban J connectivity index is 2.41. The second-order valence-corrected chi connectivity index (χ2v) is 3.91. The van der Waals surface area contributed by atoms with Crippen molar-refractivity contribution in [3.8, 4) is 5.75 Å².